The lowest BCUT2D eigenvalue weighted by Gasteiger charge is -2.35. The maximum atomic E-state index is 15.3. The van der Waals surface area contributed by atoms with Crippen molar-refractivity contribution >= 4 is 46.4 Å². The van der Waals surface area contributed by atoms with Crippen LogP contribution in [0.1, 0.15) is 52.9 Å². The van der Waals surface area contributed by atoms with E-state index < -0.39 is 46.7 Å². The zero-order chi connectivity index (χ0) is 32.0. The highest BCUT2D eigenvalue weighted by atomic mass is 19.1. The number of nitrogens with zero attached hydrogens (tertiary/aromatic N) is 5. The van der Waals surface area contributed by atoms with Crippen LogP contribution in [0, 0.1) is 11.6 Å². The van der Waals surface area contributed by atoms with Crippen molar-refractivity contribution < 1.29 is 37.8 Å². The Morgan fingerprint density at radius 2 is 1.78 bits per heavy atom. The standard InChI is InChI=1S/C30H30F2N6O7/c1-16(39)33-7-6-19-14-38(30(44)45-19)18-4-5-20(23(31)12-18)28(41)36-10-8-35(9-11-36)27-24(32)13-21-25(40)22(29(42)43)15-37(17-2-3-17)26(21)34-27/h4-5,12-13,15,17,19H,2-3,6-11,14H2,1H3,(H,33,39)(H,42,43)/t19-/m0/s1. The Labute approximate surface area is 255 Å². The first-order valence-corrected chi connectivity index (χ1v) is 14.6. The smallest absolute Gasteiger partial charge is 0.414 e. The molecular formula is C30H30F2N6O7. The molecule has 3 aromatic rings. The van der Waals surface area contributed by atoms with E-state index in [1.165, 1.54) is 35.1 Å². The number of carbonyl (C=O) groups is 4. The molecule has 13 nitrogen and oxygen atoms in total. The molecule has 3 fully saturated rings. The first kappa shape index (κ1) is 30.0. The van der Waals surface area contributed by atoms with E-state index in [9.17, 15) is 29.1 Å². The summed E-state index contributed by atoms with van der Waals surface area (Å²) >= 11 is 0. The number of benzene rings is 1. The molecule has 1 aliphatic carbocycles. The van der Waals surface area contributed by atoms with Crippen molar-refractivity contribution in [2.24, 2.45) is 0 Å². The Morgan fingerprint density at radius 1 is 1.04 bits per heavy atom. The van der Waals surface area contributed by atoms with Gasteiger partial charge < -0.3 is 29.5 Å². The van der Waals surface area contributed by atoms with Crippen molar-refractivity contribution in [3.8, 4) is 0 Å². The average Bonchev–Trinajstić information content (AvgIpc) is 3.78. The summed E-state index contributed by atoms with van der Waals surface area (Å²) in [5.41, 5.74) is -0.998. The number of hydrogen-bond acceptors (Lipinski definition) is 8. The summed E-state index contributed by atoms with van der Waals surface area (Å²) in [7, 11) is 0. The zero-order valence-electron chi connectivity index (χ0n) is 24.3. The molecule has 2 aromatic heterocycles. The third-order valence-corrected chi connectivity index (χ3v) is 8.19. The average molecular weight is 625 g/mol. The van der Waals surface area contributed by atoms with Gasteiger partial charge in [0.2, 0.25) is 11.3 Å². The van der Waals surface area contributed by atoms with Gasteiger partial charge in [-0.2, -0.15) is 0 Å². The number of carbonyl (C=O) groups excluding carboxylic acids is 3. The Kier molecular flexibility index (Phi) is 7.85. The van der Waals surface area contributed by atoms with E-state index in [2.05, 4.69) is 10.3 Å². The van der Waals surface area contributed by atoms with Gasteiger partial charge in [0.05, 0.1) is 23.2 Å². The predicted octanol–water partition coefficient (Wildman–Crippen LogP) is 2.52. The molecule has 1 saturated carbocycles. The minimum atomic E-state index is -1.39. The second-order valence-corrected chi connectivity index (χ2v) is 11.3. The third-order valence-electron chi connectivity index (χ3n) is 8.19. The molecular weight excluding hydrogens is 594 g/mol. The molecule has 3 amide bonds. The van der Waals surface area contributed by atoms with Crippen LogP contribution in [0.5, 0.6) is 0 Å². The van der Waals surface area contributed by atoms with Crippen LogP contribution in [0.25, 0.3) is 11.0 Å². The van der Waals surface area contributed by atoms with Crippen molar-refractivity contribution in [3.05, 3.63) is 63.4 Å². The number of aromatic carboxylic acids is 1. The van der Waals surface area contributed by atoms with Crippen molar-refractivity contribution in [2.75, 3.05) is 49.1 Å². The van der Waals surface area contributed by atoms with Crippen LogP contribution in [-0.2, 0) is 9.53 Å². The van der Waals surface area contributed by atoms with Crippen LogP contribution in [0.4, 0.5) is 25.1 Å². The van der Waals surface area contributed by atoms with Gasteiger partial charge in [0.25, 0.3) is 5.91 Å². The number of pyridine rings is 2. The van der Waals surface area contributed by atoms with Crippen molar-refractivity contribution in [2.45, 2.75) is 38.3 Å². The Bertz CT molecular complexity index is 1780. The molecule has 2 N–H and O–H groups in total. The number of anilines is 2. The fraction of sp³-hybridized carbons (Fsp3) is 0.400. The molecule has 45 heavy (non-hydrogen) atoms. The second-order valence-electron chi connectivity index (χ2n) is 11.3. The minimum absolute atomic E-state index is 0.0186. The highest BCUT2D eigenvalue weighted by Crippen LogP contribution is 2.37. The highest BCUT2D eigenvalue weighted by Gasteiger charge is 2.34. The molecule has 3 aliphatic rings. The van der Waals surface area contributed by atoms with Gasteiger partial charge in [-0.25, -0.2) is 23.4 Å². The van der Waals surface area contributed by atoms with E-state index in [1.54, 1.807) is 9.47 Å². The van der Waals surface area contributed by atoms with E-state index in [1.807, 2.05) is 0 Å². The minimum Gasteiger partial charge on any atom is -0.477 e. The number of fused-ring (bicyclic) bond motifs is 1. The van der Waals surface area contributed by atoms with Gasteiger partial charge >= 0.3 is 12.1 Å². The summed E-state index contributed by atoms with van der Waals surface area (Å²) in [5, 5.41) is 12.0. The summed E-state index contributed by atoms with van der Waals surface area (Å²) in [4.78, 5) is 69.8. The van der Waals surface area contributed by atoms with Crippen LogP contribution < -0.4 is 20.5 Å². The molecule has 1 aromatic carbocycles. The zero-order valence-corrected chi connectivity index (χ0v) is 24.3. The molecule has 0 unspecified atom stereocenters. The monoisotopic (exact) mass is 624 g/mol. The van der Waals surface area contributed by atoms with E-state index in [-0.39, 0.29) is 72.8 Å². The molecule has 0 radical (unpaired) electrons. The predicted molar refractivity (Wildman–Crippen MR) is 157 cm³/mol. The molecule has 15 heteroatoms. The first-order chi connectivity index (χ1) is 21.5. The summed E-state index contributed by atoms with van der Waals surface area (Å²) in [6.07, 6.45) is 2.10. The maximum Gasteiger partial charge on any atom is 0.414 e. The summed E-state index contributed by atoms with van der Waals surface area (Å²) in [6.45, 7) is 2.53. The van der Waals surface area contributed by atoms with E-state index in [0.717, 1.165) is 25.0 Å². The lowest BCUT2D eigenvalue weighted by molar-refractivity contribution is -0.119. The van der Waals surface area contributed by atoms with Crippen molar-refractivity contribution in [3.63, 3.8) is 0 Å². The number of nitrogens with one attached hydrogen (secondary N) is 1. The SMILES string of the molecule is CC(=O)NCC[C@H]1CN(c2ccc(C(=O)N3CCN(c4nc5c(cc4F)c(=O)c(C(=O)O)cn5C4CC4)CC3)c(F)c2)C(=O)O1. The van der Waals surface area contributed by atoms with Gasteiger partial charge in [0, 0.05) is 58.3 Å². The quantitative estimate of drug-likeness (QED) is 0.385. The highest BCUT2D eigenvalue weighted by molar-refractivity contribution is 5.96. The normalized spacial score (nSPS) is 18.3. The van der Waals surface area contributed by atoms with Crippen LogP contribution in [0.2, 0.25) is 0 Å². The van der Waals surface area contributed by atoms with Gasteiger partial charge in [-0.05, 0) is 37.1 Å². The lowest BCUT2D eigenvalue weighted by atomic mass is 10.1. The molecule has 6 rings (SSSR count). The summed E-state index contributed by atoms with van der Waals surface area (Å²) < 4.78 is 37.4. The van der Waals surface area contributed by atoms with Gasteiger partial charge in [0.1, 0.15) is 23.1 Å². The van der Waals surface area contributed by atoms with Crippen LogP contribution >= 0.6 is 0 Å². The number of ether oxygens (including phenoxy) is 1. The first-order valence-electron chi connectivity index (χ1n) is 14.6. The molecule has 0 bridgehead atoms. The molecule has 2 aliphatic heterocycles. The number of piperazine rings is 1. The van der Waals surface area contributed by atoms with E-state index in [0.29, 0.717) is 13.0 Å². The second kappa shape index (κ2) is 11.8. The summed E-state index contributed by atoms with van der Waals surface area (Å²) in [5.74, 6) is -3.77. The number of cyclic esters (lactones) is 1. The lowest BCUT2D eigenvalue weighted by Crippen LogP contribution is -2.49. The molecule has 0 spiro atoms. The van der Waals surface area contributed by atoms with Crippen LogP contribution in [-0.4, -0.2) is 88.8 Å². The maximum absolute atomic E-state index is 15.3. The number of aromatic nitrogens is 2. The van der Waals surface area contributed by atoms with E-state index in [4.69, 9.17) is 4.74 Å². The van der Waals surface area contributed by atoms with Crippen LogP contribution in [0.3, 0.4) is 0 Å². The Hall–Kier alpha value is -5.08. The Balaban J connectivity index is 1.14. The topological polar surface area (TPSA) is 154 Å². The van der Waals surface area contributed by atoms with Gasteiger partial charge in [-0.15, -0.1) is 0 Å². The van der Waals surface area contributed by atoms with Crippen molar-refractivity contribution in [1.29, 1.82) is 0 Å². The number of carboxylic acid groups (broad SMARTS) is 1. The fourth-order valence-electron chi connectivity index (χ4n) is 5.67. The number of carboxylic acids is 1. The summed E-state index contributed by atoms with van der Waals surface area (Å²) in [6, 6.07) is 4.86. The van der Waals surface area contributed by atoms with Gasteiger partial charge in [-0.3, -0.25) is 19.3 Å². The number of rotatable bonds is 8. The number of halogens is 2. The number of amides is 3. The third kappa shape index (κ3) is 5.89. The fourth-order valence-corrected chi connectivity index (χ4v) is 5.67. The number of hydrogen-bond donors (Lipinski definition) is 2. The molecule has 236 valence electrons. The van der Waals surface area contributed by atoms with E-state index >= 15 is 8.78 Å². The van der Waals surface area contributed by atoms with Crippen molar-refractivity contribution in [1.82, 2.24) is 19.8 Å². The van der Waals surface area contributed by atoms with Gasteiger partial charge in [-0.1, -0.05) is 0 Å². The largest absolute Gasteiger partial charge is 0.477 e. The van der Waals surface area contributed by atoms with Gasteiger partial charge in [0.15, 0.2) is 11.6 Å². The molecule has 4 heterocycles. The molecule has 1 atom stereocenters. The Morgan fingerprint density at radius 3 is 2.42 bits per heavy atom. The molecule has 2 saturated heterocycles. The van der Waals surface area contributed by atoms with Crippen LogP contribution in [0.15, 0.2) is 35.3 Å².